The van der Waals surface area contributed by atoms with Crippen LogP contribution in [-0.4, -0.2) is 29.4 Å². The van der Waals surface area contributed by atoms with Crippen molar-refractivity contribution in [2.75, 3.05) is 19.0 Å². The predicted molar refractivity (Wildman–Crippen MR) is 157 cm³/mol. The maximum atomic E-state index is 12.2. The molecular formula is C33H31N3O4. The van der Waals surface area contributed by atoms with Gasteiger partial charge in [0.15, 0.2) is 0 Å². The molecule has 4 aromatic carbocycles. The van der Waals surface area contributed by atoms with Crippen molar-refractivity contribution in [1.82, 2.24) is 9.55 Å². The van der Waals surface area contributed by atoms with Gasteiger partial charge >= 0.3 is 6.09 Å². The Bertz CT molecular complexity index is 1530. The molecule has 0 aliphatic heterocycles. The molecule has 1 aromatic heterocycles. The molecule has 1 amide bonds. The SMILES string of the molecule is COc1ccc(OC(=O)Nc2ccc(OCCCn3c(C)nc(-c4ccccc4)c3-c3ccccc3)cc2)cc1. The Labute approximate surface area is 234 Å². The summed E-state index contributed by atoms with van der Waals surface area (Å²) in [4.78, 5) is 17.1. The van der Waals surface area contributed by atoms with Gasteiger partial charge in [0.25, 0.3) is 0 Å². The molecule has 0 saturated carbocycles. The van der Waals surface area contributed by atoms with Gasteiger partial charge in [0.1, 0.15) is 23.1 Å². The van der Waals surface area contributed by atoms with Crippen molar-refractivity contribution in [3.05, 3.63) is 115 Å². The molecule has 7 heteroatoms. The monoisotopic (exact) mass is 533 g/mol. The maximum absolute atomic E-state index is 12.2. The molecule has 202 valence electrons. The summed E-state index contributed by atoms with van der Waals surface area (Å²) in [6.45, 7) is 3.36. The van der Waals surface area contributed by atoms with Crippen molar-refractivity contribution in [2.45, 2.75) is 19.9 Å². The first-order valence-corrected chi connectivity index (χ1v) is 13.1. The minimum absolute atomic E-state index is 0.428. The van der Waals surface area contributed by atoms with Gasteiger partial charge in [-0.25, -0.2) is 9.78 Å². The molecule has 0 radical (unpaired) electrons. The lowest BCUT2D eigenvalue weighted by molar-refractivity contribution is 0.215. The van der Waals surface area contributed by atoms with E-state index in [1.54, 1.807) is 43.5 Å². The number of amides is 1. The zero-order valence-corrected chi connectivity index (χ0v) is 22.5. The van der Waals surface area contributed by atoms with Crippen LogP contribution in [0, 0.1) is 6.92 Å². The van der Waals surface area contributed by atoms with Gasteiger partial charge in [-0.1, -0.05) is 60.7 Å². The highest BCUT2D eigenvalue weighted by Crippen LogP contribution is 2.33. The van der Waals surface area contributed by atoms with Gasteiger partial charge in [0.2, 0.25) is 0 Å². The Morgan fingerprint density at radius 3 is 2.02 bits per heavy atom. The number of ether oxygens (including phenoxy) is 3. The largest absolute Gasteiger partial charge is 0.497 e. The number of methoxy groups -OCH3 is 1. The fraction of sp³-hybridized carbons (Fsp3) is 0.152. The van der Waals surface area contributed by atoms with Crippen molar-refractivity contribution < 1.29 is 19.0 Å². The zero-order valence-electron chi connectivity index (χ0n) is 22.5. The van der Waals surface area contributed by atoms with Crippen LogP contribution >= 0.6 is 0 Å². The van der Waals surface area contributed by atoms with Crippen LogP contribution in [-0.2, 0) is 6.54 Å². The molecule has 1 N–H and O–H groups in total. The minimum Gasteiger partial charge on any atom is -0.497 e. The Hall–Kier alpha value is -5.04. The van der Waals surface area contributed by atoms with Crippen molar-refractivity contribution in [1.29, 1.82) is 0 Å². The highest BCUT2D eigenvalue weighted by Gasteiger charge is 2.17. The number of nitrogens with one attached hydrogen (secondary N) is 1. The van der Waals surface area contributed by atoms with E-state index in [2.05, 4.69) is 46.3 Å². The van der Waals surface area contributed by atoms with Crippen LogP contribution in [0.4, 0.5) is 10.5 Å². The van der Waals surface area contributed by atoms with Gasteiger partial charge < -0.3 is 18.8 Å². The minimum atomic E-state index is -0.571. The fourth-order valence-electron chi connectivity index (χ4n) is 4.47. The van der Waals surface area contributed by atoms with Gasteiger partial charge in [0, 0.05) is 23.4 Å². The van der Waals surface area contributed by atoms with Gasteiger partial charge in [-0.05, 0) is 61.9 Å². The van der Waals surface area contributed by atoms with E-state index in [1.165, 1.54) is 0 Å². The molecule has 5 rings (SSSR count). The average molecular weight is 534 g/mol. The Morgan fingerprint density at radius 1 is 0.775 bits per heavy atom. The first kappa shape index (κ1) is 26.6. The molecule has 0 aliphatic carbocycles. The lowest BCUT2D eigenvalue weighted by Gasteiger charge is -2.13. The molecule has 40 heavy (non-hydrogen) atoms. The quantitative estimate of drug-likeness (QED) is 0.187. The number of hydrogen-bond acceptors (Lipinski definition) is 5. The second-order valence-corrected chi connectivity index (χ2v) is 9.16. The number of benzene rings is 4. The van der Waals surface area contributed by atoms with E-state index in [4.69, 9.17) is 19.2 Å². The highest BCUT2D eigenvalue weighted by atomic mass is 16.6. The molecule has 1 heterocycles. The number of nitrogens with zero attached hydrogens (tertiary/aromatic N) is 2. The van der Waals surface area contributed by atoms with E-state index in [9.17, 15) is 4.79 Å². The highest BCUT2D eigenvalue weighted by molar-refractivity contribution is 5.86. The van der Waals surface area contributed by atoms with Crippen LogP contribution in [0.2, 0.25) is 0 Å². The second-order valence-electron chi connectivity index (χ2n) is 9.16. The van der Waals surface area contributed by atoms with Crippen LogP contribution in [0.3, 0.4) is 0 Å². The molecule has 0 spiro atoms. The van der Waals surface area contributed by atoms with Crippen LogP contribution < -0.4 is 19.5 Å². The van der Waals surface area contributed by atoms with E-state index in [1.807, 2.05) is 43.3 Å². The standard InChI is InChI=1S/C33H31N3O4/c1-24-34-31(25-10-5-3-6-11-25)32(26-12-7-4-8-13-26)36(24)22-9-23-39-29-16-14-27(15-17-29)35-33(37)40-30-20-18-28(38-2)19-21-30/h3-8,10-21H,9,22-23H2,1-2H3,(H,35,37). The van der Waals surface area contributed by atoms with Crippen LogP contribution in [0.1, 0.15) is 12.2 Å². The Morgan fingerprint density at radius 2 is 1.38 bits per heavy atom. The number of anilines is 1. The average Bonchev–Trinajstić information content (AvgIpc) is 3.33. The molecule has 7 nitrogen and oxygen atoms in total. The van der Waals surface area contributed by atoms with Crippen molar-refractivity contribution in [3.8, 4) is 39.8 Å². The first-order chi connectivity index (χ1) is 19.6. The number of carbonyl (C=O) groups is 1. The van der Waals surface area contributed by atoms with E-state index in [0.717, 1.165) is 47.1 Å². The lowest BCUT2D eigenvalue weighted by Crippen LogP contribution is -2.16. The van der Waals surface area contributed by atoms with Crippen molar-refractivity contribution in [3.63, 3.8) is 0 Å². The number of aromatic nitrogens is 2. The summed E-state index contributed by atoms with van der Waals surface area (Å²) in [6.07, 6.45) is 0.234. The molecule has 5 aromatic rings. The van der Waals surface area contributed by atoms with Crippen LogP contribution in [0.25, 0.3) is 22.5 Å². The lowest BCUT2D eigenvalue weighted by atomic mass is 10.0. The summed E-state index contributed by atoms with van der Waals surface area (Å²) in [5, 5.41) is 2.72. The second kappa shape index (κ2) is 12.7. The van der Waals surface area contributed by atoms with E-state index in [0.29, 0.717) is 23.8 Å². The van der Waals surface area contributed by atoms with Gasteiger partial charge in [-0.15, -0.1) is 0 Å². The maximum Gasteiger partial charge on any atom is 0.417 e. The number of hydrogen-bond donors (Lipinski definition) is 1. The molecule has 0 bridgehead atoms. The summed E-state index contributed by atoms with van der Waals surface area (Å²) >= 11 is 0. The molecule has 0 fully saturated rings. The molecular weight excluding hydrogens is 502 g/mol. The molecule has 0 saturated heterocycles. The third kappa shape index (κ3) is 6.50. The Kier molecular flexibility index (Phi) is 8.41. The summed E-state index contributed by atoms with van der Waals surface area (Å²) in [6, 6.07) is 34.7. The third-order valence-corrected chi connectivity index (χ3v) is 6.42. The van der Waals surface area contributed by atoms with Crippen LogP contribution in [0.15, 0.2) is 109 Å². The zero-order chi connectivity index (χ0) is 27.7. The van der Waals surface area contributed by atoms with Gasteiger partial charge in [-0.2, -0.15) is 0 Å². The summed E-state index contributed by atoms with van der Waals surface area (Å²) < 4.78 is 18.7. The van der Waals surface area contributed by atoms with E-state index >= 15 is 0 Å². The van der Waals surface area contributed by atoms with Crippen molar-refractivity contribution >= 4 is 11.8 Å². The third-order valence-electron chi connectivity index (χ3n) is 6.42. The normalized spacial score (nSPS) is 10.7. The fourth-order valence-corrected chi connectivity index (χ4v) is 4.47. The van der Waals surface area contributed by atoms with Gasteiger partial charge in [-0.3, -0.25) is 5.32 Å². The number of aryl methyl sites for hydroxylation is 1. The summed E-state index contributed by atoms with van der Waals surface area (Å²) in [5.74, 6) is 2.81. The Balaban J connectivity index is 1.17. The number of imidazole rings is 1. The molecule has 0 unspecified atom stereocenters. The van der Waals surface area contributed by atoms with Crippen LogP contribution in [0.5, 0.6) is 17.2 Å². The smallest absolute Gasteiger partial charge is 0.417 e. The summed E-state index contributed by atoms with van der Waals surface area (Å²) in [7, 11) is 1.58. The van der Waals surface area contributed by atoms with Crippen molar-refractivity contribution in [2.24, 2.45) is 0 Å². The van der Waals surface area contributed by atoms with Gasteiger partial charge in [0.05, 0.1) is 25.1 Å². The predicted octanol–water partition coefficient (Wildman–Crippen LogP) is 7.61. The summed E-state index contributed by atoms with van der Waals surface area (Å²) in [5.41, 5.74) is 4.94. The van der Waals surface area contributed by atoms with E-state index in [-0.39, 0.29) is 0 Å². The number of rotatable bonds is 10. The van der Waals surface area contributed by atoms with E-state index < -0.39 is 6.09 Å². The topological polar surface area (TPSA) is 74.6 Å². The molecule has 0 aliphatic rings. The first-order valence-electron chi connectivity index (χ1n) is 13.1. The molecule has 0 atom stereocenters. The number of carbonyl (C=O) groups excluding carboxylic acids is 1.